The molecule has 0 fully saturated rings. The van der Waals surface area contributed by atoms with Crippen molar-refractivity contribution in [1.29, 1.82) is 5.26 Å². The number of nitrogens with zero attached hydrogens (tertiary/aromatic N) is 3. The fourth-order valence-electron chi connectivity index (χ4n) is 1.78. The van der Waals surface area contributed by atoms with Gasteiger partial charge in [-0.1, -0.05) is 18.2 Å². The number of hydrogen-bond donors (Lipinski definition) is 0. The van der Waals surface area contributed by atoms with Crippen LogP contribution in [0.5, 0.6) is 0 Å². The molecule has 4 nitrogen and oxygen atoms in total. The Morgan fingerprint density at radius 3 is 2.73 bits per heavy atom. The summed E-state index contributed by atoms with van der Waals surface area (Å²) in [5.74, 6) is 0. The van der Waals surface area contributed by atoms with Crippen LogP contribution in [0.25, 0.3) is 11.1 Å². The molecule has 1 aromatic carbocycles. The van der Waals surface area contributed by atoms with Gasteiger partial charge in [0.2, 0.25) is 0 Å². The van der Waals surface area contributed by atoms with Gasteiger partial charge in [-0.15, -0.1) is 0 Å². The lowest BCUT2D eigenvalue weighted by Crippen LogP contribution is -2.19. The first-order chi connectivity index (χ1) is 10.4. The maximum Gasteiger partial charge on any atom is 0.144 e. The van der Waals surface area contributed by atoms with E-state index >= 15 is 0 Å². The molecule has 0 radical (unpaired) electrons. The first-order valence-corrected chi connectivity index (χ1v) is 7.94. The number of aromatic nitrogens is 1. The van der Waals surface area contributed by atoms with Gasteiger partial charge in [-0.05, 0) is 44.5 Å². The van der Waals surface area contributed by atoms with Crippen LogP contribution in [-0.4, -0.2) is 20.2 Å². The summed E-state index contributed by atoms with van der Waals surface area (Å²) in [7, 11) is -1.33. The van der Waals surface area contributed by atoms with Crippen LogP contribution in [0.3, 0.4) is 0 Å². The molecule has 2 rings (SSSR count). The van der Waals surface area contributed by atoms with Crippen molar-refractivity contribution in [2.24, 2.45) is 4.40 Å². The maximum absolute atomic E-state index is 12.0. The van der Waals surface area contributed by atoms with E-state index in [0.29, 0.717) is 11.3 Å². The summed E-state index contributed by atoms with van der Waals surface area (Å²) in [6.45, 7) is 5.61. The molecule has 1 heterocycles. The Balaban J connectivity index is 2.41. The van der Waals surface area contributed by atoms with Gasteiger partial charge in [0, 0.05) is 11.8 Å². The van der Waals surface area contributed by atoms with Crippen molar-refractivity contribution in [3.63, 3.8) is 0 Å². The Morgan fingerprint density at radius 2 is 2.05 bits per heavy atom. The van der Waals surface area contributed by atoms with E-state index in [4.69, 9.17) is 5.26 Å². The van der Waals surface area contributed by atoms with Gasteiger partial charge in [0.05, 0.1) is 28.3 Å². The van der Waals surface area contributed by atoms with Crippen molar-refractivity contribution >= 4 is 17.2 Å². The Morgan fingerprint density at radius 1 is 1.27 bits per heavy atom. The van der Waals surface area contributed by atoms with E-state index in [9.17, 15) is 4.21 Å². The lowest BCUT2D eigenvalue weighted by molar-refractivity contribution is 0.651. The van der Waals surface area contributed by atoms with Gasteiger partial charge in [0.1, 0.15) is 11.0 Å². The molecule has 1 aromatic heterocycles. The number of nitriles is 1. The van der Waals surface area contributed by atoms with Crippen LogP contribution < -0.4 is 0 Å². The van der Waals surface area contributed by atoms with E-state index < -0.39 is 15.7 Å². The van der Waals surface area contributed by atoms with Crippen LogP contribution in [0.15, 0.2) is 47.0 Å². The first kappa shape index (κ1) is 16.1. The molecule has 5 heteroatoms. The number of rotatable bonds is 3. The van der Waals surface area contributed by atoms with E-state index in [0.717, 1.165) is 11.1 Å². The molecule has 0 amide bonds. The summed E-state index contributed by atoms with van der Waals surface area (Å²) < 4.78 is 15.7. The van der Waals surface area contributed by atoms with Crippen molar-refractivity contribution in [3.05, 3.63) is 53.9 Å². The molecule has 0 bridgehead atoms. The zero-order chi connectivity index (χ0) is 16.2. The minimum absolute atomic E-state index is 0.411. The van der Waals surface area contributed by atoms with Gasteiger partial charge in [-0.2, -0.15) is 9.66 Å². The topological polar surface area (TPSA) is 66.1 Å². The van der Waals surface area contributed by atoms with Gasteiger partial charge in [0.15, 0.2) is 0 Å². The Kier molecular flexibility index (Phi) is 4.84. The lowest BCUT2D eigenvalue weighted by Gasteiger charge is -2.13. The number of pyridine rings is 1. The van der Waals surface area contributed by atoms with Crippen molar-refractivity contribution in [3.8, 4) is 17.2 Å². The molecular formula is C17H17N3OS. The third-order valence-corrected chi connectivity index (χ3v) is 4.28. The van der Waals surface area contributed by atoms with Crippen LogP contribution >= 0.6 is 0 Å². The van der Waals surface area contributed by atoms with E-state index in [1.54, 1.807) is 18.3 Å². The van der Waals surface area contributed by atoms with E-state index in [1.165, 1.54) is 6.21 Å². The standard InChI is InChI=1S/C17H17N3OS/c1-17(2,3)22(21)20-12-16-15(8-5-9-19-16)14-7-4-6-13(10-14)11-18/h4-10,12H,1-3H3/b20-12-/t22-/m0/s1. The van der Waals surface area contributed by atoms with Crippen LogP contribution in [0.4, 0.5) is 0 Å². The average Bonchev–Trinajstić information content (AvgIpc) is 2.52. The molecule has 0 unspecified atom stereocenters. The summed E-state index contributed by atoms with van der Waals surface area (Å²) >= 11 is 0. The molecule has 0 aliphatic rings. The minimum atomic E-state index is -1.33. The SMILES string of the molecule is CC(C)(C)[S@](=O)/N=C\c1ncccc1-c1cccc(C#N)c1. The summed E-state index contributed by atoms with van der Waals surface area (Å²) in [5, 5.41) is 9.01. The van der Waals surface area contributed by atoms with E-state index in [2.05, 4.69) is 15.5 Å². The van der Waals surface area contributed by atoms with Crippen molar-refractivity contribution in [2.75, 3.05) is 0 Å². The zero-order valence-corrected chi connectivity index (χ0v) is 13.6. The largest absolute Gasteiger partial charge is 0.255 e. The highest BCUT2D eigenvalue weighted by Gasteiger charge is 2.18. The predicted octanol–water partition coefficient (Wildman–Crippen LogP) is 3.50. The van der Waals surface area contributed by atoms with E-state index in [1.807, 2.05) is 45.0 Å². The highest BCUT2D eigenvalue weighted by Crippen LogP contribution is 2.22. The third kappa shape index (κ3) is 3.86. The van der Waals surface area contributed by atoms with E-state index in [-0.39, 0.29) is 0 Å². The second-order valence-electron chi connectivity index (χ2n) is 5.72. The van der Waals surface area contributed by atoms with Gasteiger partial charge in [-0.25, -0.2) is 4.21 Å². The summed E-state index contributed by atoms with van der Waals surface area (Å²) in [4.78, 5) is 4.30. The fraction of sp³-hybridized carbons (Fsp3) is 0.235. The molecule has 0 saturated carbocycles. The highest BCUT2D eigenvalue weighted by molar-refractivity contribution is 7.85. The zero-order valence-electron chi connectivity index (χ0n) is 12.8. The summed E-state index contributed by atoms with van der Waals surface area (Å²) in [5.41, 5.74) is 2.96. The van der Waals surface area contributed by atoms with Gasteiger partial charge < -0.3 is 0 Å². The summed E-state index contributed by atoms with van der Waals surface area (Å²) in [6, 6.07) is 13.2. The Labute approximate surface area is 133 Å². The average molecular weight is 311 g/mol. The van der Waals surface area contributed by atoms with Crippen LogP contribution in [0.2, 0.25) is 0 Å². The molecule has 2 aromatic rings. The quantitative estimate of drug-likeness (QED) is 0.815. The molecular weight excluding hydrogens is 294 g/mol. The Bertz CT molecular complexity index is 770. The fourth-order valence-corrected chi connectivity index (χ4v) is 2.29. The maximum atomic E-state index is 12.0. The lowest BCUT2D eigenvalue weighted by atomic mass is 10.0. The molecule has 1 atom stereocenters. The van der Waals surface area contributed by atoms with Crippen LogP contribution in [0, 0.1) is 11.3 Å². The molecule has 112 valence electrons. The van der Waals surface area contributed by atoms with Gasteiger partial charge in [0.25, 0.3) is 0 Å². The molecule has 0 N–H and O–H groups in total. The van der Waals surface area contributed by atoms with Crippen molar-refractivity contribution in [1.82, 2.24) is 4.98 Å². The molecule has 22 heavy (non-hydrogen) atoms. The highest BCUT2D eigenvalue weighted by atomic mass is 32.2. The predicted molar refractivity (Wildman–Crippen MR) is 89.9 cm³/mol. The molecule has 0 saturated heterocycles. The monoisotopic (exact) mass is 311 g/mol. The van der Waals surface area contributed by atoms with Gasteiger partial charge >= 0.3 is 0 Å². The van der Waals surface area contributed by atoms with Crippen molar-refractivity contribution < 1.29 is 4.21 Å². The second-order valence-corrected chi connectivity index (χ2v) is 7.66. The van der Waals surface area contributed by atoms with Crippen LogP contribution in [-0.2, 0) is 11.0 Å². The number of benzene rings is 1. The molecule has 0 aliphatic carbocycles. The normalized spacial score (nSPS) is 13.0. The Hall–Kier alpha value is -2.32. The smallest absolute Gasteiger partial charge is 0.144 e. The molecule has 0 aliphatic heterocycles. The van der Waals surface area contributed by atoms with Crippen molar-refractivity contribution in [2.45, 2.75) is 25.5 Å². The molecule has 0 spiro atoms. The third-order valence-electron chi connectivity index (χ3n) is 2.94. The summed E-state index contributed by atoms with van der Waals surface area (Å²) in [6.07, 6.45) is 3.20. The first-order valence-electron chi connectivity index (χ1n) is 6.83. The second kappa shape index (κ2) is 6.63. The van der Waals surface area contributed by atoms with Gasteiger partial charge in [-0.3, -0.25) is 4.98 Å². The van der Waals surface area contributed by atoms with Crippen LogP contribution in [0.1, 0.15) is 32.0 Å². The number of hydrogen-bond acceptors (Lipinski definition) is 3. The minimum Gasteiger partial charge on any atom is -0.255 e.